The van der Waals surface area contributed by atoms with Crippen molar-refractivity contribution in [2.45, 2.75) is 38.3 Å². The van der Waals surface area contributed by atoms with Gasteiger partial charge in [0.2, 0.25) is 0 Å². The first-order valence-corrected chi connectivity index (χ1v) is 6.28. The van der Waals surface area contributed by atoms with Gasteiger partial charge in [-0.15, -0.1) is 0 Å². The smallest absolute Gasteiger partial charge is 0.0421 e. The summed E-state index contributed by atoms with van der Waals surface area (Å²) in [6.45, 7) is 5.29. The van der Waals surface area contributed by atoms with E-state index in [1.165, 1.54) is 24.3 Å². The van der Waals surface area contributed by atoms with Crippen LogP contribution >= 0.6 is 11.8 Å². The lowest BCUT2D eigenvalue weighted by atomic mass is 9.92. The summed E-state index contributed by atoms with van der Waals surface area (Å²) in [6, 6.07) is 0.599. The molecule has 0 aliphatic carbocycles. The van der Waals surface area contributed by atoms with E-state index in [1.54, 1.807) is 0 Å². The second-order valence-electron chi connectivity index (χ2n) is 4.29. The number of likely N-dealkylation sites (N-methyl/N-ethyl adjacent to an activating group) is 1. The molecular formula is C10H22N2S. The van der Waals surface area contributed by atoms with Crippen molar-refractivity contribution in [1.82, 2.24) is 4.90 Å². The van der Waals surface area contributed by atoms with Crippen LogP contribution in [0.25, 0.3) is 0 Å². The molecule has 0 bridgehead atoms. The fourth-order valence-electron chi connectivity index (χ4n) is 1.97. The number of rotatable bonds is 3. The summed E-state index contributed by atoms with van der Waals surface area (Å²) in [5.74, 6) is 2.52. The first kappa shape index (κ1) is 11.3. The molecule has 2 nitrogen and oxygen atoms in total. The van der Waals surface area contributed by atoms with Gasteiger partial charge in [-0.1, -0.05) is 0 Å². The van der Waals surface area contributed by atoms with Crippen LogP contribution < -0.4 is 5.73 Å². The molecule has 13 heavy (non-hydrogen) atoms. The minimum absolute atomic E-state index is 0.275. The van der Waals surface area contributed by atoms with Crippen LogP contribution in [0.1, 0.15) is 26.7 Å². The third-order valence-electron chi connectivity index (χ3n) is 3.20. The fourth-order valence-corrected chi connectivity index (χ4v) is 3.31. The van der Waals surface area contributed by atoms with Gasteiger partial charge in [0.1, 0.15) is 0 Å². The summed E-state index contributed by atoms with van der Waals surface area (Å²) in [4.78, 5) is 2.46. The Kier molecular flexibility index (Phi) is 4.07. The molecule has 1 aliphatic rings. The average Bonchev–Trinajstić information content (AvgIpc) is 2.17. The maximum atomic E-state index is 5.92. The Balaban J connectivity index is 2.66. The van der Waals surface area contributed by atoms with Crippen molar-refractivity contribution in [3.05, 3.63) is 0 Å². The summed E-state index contributed by atoms with van der Waals surface area (Å²) in [5.41, 5.74) is 6.20. The standard InChI is InChI=1S/C10H22N2S/c1-9(2)12(3)10(7-11)5-4-6-13-8-10/h9H,4-8,11H2,1-3H3. The normalized spacial score (nSPS) is 30.0. The Bertz CT molecular complexity index is 153. The highest BCUT2D eigenvalue weighted by molar-refractivity contribution is 7.99. The minimum atomic E-state index is 0.275. The molecule has 1 rings (SSSR count). The van der Waals surface area contributed by atoms with Crippen molar-refractivity contribution < 1.29 is 0 Å². The lowest BCUT2D eigenvalue weighted by molar-refractivity contribution is 0.101. The summed E-state index contributed by atoms with van der Waals surface area (Å²) >= 11 is 2.05. The molecule has 1 saturated heterocycles. The summed E-state index contributed by atoms with van der Waals surface area (Å²) < 4.78 is 0. The number of nitrogens with zero attached hydrogens (tertiary/aromatic N) is 1. The van der Waals surface area contributed by atoms with Crippen LogP contribution in [0.15, 0.2) is 0 Å². The van der Waals surface area contributed by atoms with Gasteiger partial charge in [-0.05, 0) is 39.5 Å². The topological polar surface area (TPSA) is 29.3 Å². The van der Waals surface area contributed by atoms with Crippen molar-refractivity contribution in [3.63, 3.8) is 0 Å². The van der Waals surface area contributed by atoms with Gasteiger partial charge in [-0.3, -0.25) is 4.90 Å². The van der Waals surface area contributed by atoms with Crippen molar-refractivity contribution in [3.8, 4) is 0 Å². The lowest BCUT2D eigenvalue weighted by Gasteiger charge is -2.45. The molecule has 0 amide bonds. The highest BCUT2D eigenvalue weighted by atomic mass is 32.2. The molecule has 0 aromatic rings. The number of thioether (sulfide) groups is 1. The van der Waals surface area contributed by atoms with Crippen LogP contribution in [-0.4, -0.2) is 41.6 Å². The quantitative estimate of drug-likeness (QED) is 0.753. The third kappa shape index (κ3) is 2.39. The maximum Gasteiger partial charge on any atom is 0.0421 e. The first-order chi connectivity index (χ1) is 6.12. The van der Waals surface area contributed by atoms with Crippen molar-refractivity contribution in [1.29, 1.82) is 0 Å². The van der Waals surface area contributed by atoms with Crippen molar-refractivity contribution >= 4 is 11.8 Å². The Morgan fingerprint density at radius 3 is 2.62 bits per heavy atom. The predicted molar refractivity (Wildman–Crippen MR) is 61.2 cm³/mol. The van der Waals surface area contributed by atoms with E-state index in [0.29, 0.717) is 6.04 Å². The zero-order valence-corrected chi connectivity index (χ0v) is 9.86. The van der Waals surface area contributed by atoms with Crippen molar-refractivity contribution in [2.24, 2.45) is 5.73 Å². The molecule has 1 aliphatic heterocycles. The van der Waals surface area contributed by atoms with Gasteiger partial charge in [0.15, 0.2) is 0 Å². The first-order valence-electron chi connectivity index (χ1n) is 5.13. The van der Waals surface area contributed by atoms with E-state index in [0.717, 1.165) is 6.54 Å². The van der Waals surface area contributed by atoms with Gasteiger partial charge in [-0.2, -0.15) is 11.8 Å². The number of nitrogens with two attached hydrogens (primary N) is 1. The van der Waals surface area contributed by atoms with E-state index < -0.39 is 0 Å². The summed E-state index contributed by atoms with van der Waals surface area (Å²) in [7, 11) is 2.21. The zero-order valence-electron chi connectivity index (χ0n) is 9.05. The van der Waals surface area contributed by atoms with Crippen molar-refractivity contribution in [2.75, 3.05) is 25.1 Å². The summed E-state index contributed by atoms with van der Waals surface area (Å²) in [6.07, 6.45) is 2.59. The van der Waals surface area contributed by atoms with E-state index in [2.05, 4.69) is 37.6 Å². The lowest BCUT2D eigenvalue weighted by Crippen LogP contribution is -2.57. The van der Waals surface area contributed by atoms with E-state index in [9.17, 15) is 0 Å². The van der Waals surface area contributed by atoms with E-state index in [-0.39, 0.29) is 5.54 Å². The predicted octanol–water partition coefficient (Wildman–Crippen LogP) is 1.55. The Morgan fingerprint density at radius 1 is 1.54 bits per heavy atom. The van der Waals surface area contributed by atoms with Gasteiger partial charge in [0, 0.05) is 23.9 Å². The Hall–Kier alpha value is 0.270. The molecule has 0 aromatic carbocycles. The Labute approximate surface area is 86.2 Å². The van der Waals surface area contributed by atoms with E-state index in [4.69, 9.17) is 5.73 Å². The SMILES string of the molecule is CC(C)N(C)C1(CN)CCCSC1. The minimum Gasteiger partial charge on any atom is -0.329 e. The molecule has 1 unspecified atom stereocenters. The molecule has 0 aromatic heterocycles. The third-order valence-corrected chi connectivity index (χ3v) is 4.52. The molecule has 0 spiro atoms. The highest BCUT2D eigenvalue weighted by Gasteiger charge is 2.35. The second-order valence-corrected chi connectivity index (χ2v) is 5.39. The largest absolute Gasteiger partial charge is 0.329 e. The van der Waals surface area contributed by atoms with Crippen LogP contribution in [0.4, 0.5) is 0 Å². The molecule has 3 heteroatoms. The molecule has 0 radical (unpaired) electrons. The Morgan fingerprint density at radius 2 is 2.23 bits per heavy atom. The zero-order chi connectivity index (χ0) is 9.90. The van der Waals surface area contributed by atoms with Gasteiger partial charge in [0.25, 0.3) is 0 Å². The molecular weight excluding hydrogens is 180 g/mol. The molecule has 2 N–H and O–H groups in total. The average molecular weight is 202 g/mol. The van der Waals surface area contributed by atoms with Gasteiger partial charge < -0.3 is 5.73 Å². The second kappa shape index (κ2) is 4.67. The van der Waals surface area contributed by atoms with Crippen LogP contribution in [0.5, 0.6) is 0 Å². The van der Waals surface area contributed by atoms with Crippen LogP contribution in [0, 0.1) is 0 Å². The van der Waals surface area contributed by atoms with Crippen LogP contribution in [-0.2, 0) is 0 Å². The molecule has 1 fully saturated rings. The van der Waals surface area contributed by atoms with Gasteiger partial charge in [0.05, 0.1) is 0 Å². The summed E-state index contributed by atoms with van der Waals surface area (Å²) in [5, 5.41) is 0. The fraction of sp³-hybridized carbons (Fsp3) is 1.00. The maximum absolute atomic E-state index is 5.92. The van der Waals surface area contributed by atoms with Gasteiger partial charge in [-0.25, -0.2) is 0 Å². The van der Waals surface area contributed by atoms with E-state index in [1.807, 2.05) is 0 Å². The van der Waals surface area contributed by atoms with E-state index >= 15 is 0 Å². The molecule has 0 saturated carbocycles. The van der Waals surface area contributed by atoms with Gasteiger partial charge >= 0.3 is 0 Å². The molecule has 1 atom stereocenters. The number of hydrogen-bond donors (Lipinski definition) is 1. The molecule has 1 heterocycles. The number of hydrogen-bond acceptors (Lipinski definition) is 3. The van der Waals surface area contributed by atoms with Crippen LogP contribution in [0.3, 0.4) is 0 Å². The monoisotopic (exact) mass is 202 g/mol. The van der Waals surface area contributed by atoms with Crippen LogP contribution in [0.2, 0.25) is 0 Å². The highest BCUT2D eigenvalue weighted by Crippen LogP contribution is 2.31. The molecule has 78 valence electrons.